The molecule has 1 saturated heterocycles. The van der Waals surface area contributed by atoms with Gasteiger partial charge in [-0.2, -0.15) is 0 Å². The number of carbonyl (C=O) groups is 5. The fourth-order valence-electron chi connectivity index (χ4n) is 9.37. The van der Waals surface area contributed by atoms with Gasteiger partial charge in [-0.1, -0.05) is 36.6 Å². The van der Waals surface area contributed by atoms with E-state index in [1.165, 1.54) is 24.6 Å². The number of imide groups is 1. The zero-order valence-electron chi connectivity index (χ0n) is 43.2. The van der Waals surface area contributed by atoms with E-state index in [9.17, 15) is 34.1 Å². The Balaban J connectivity index is 1.05. The number of benzene rings is 2. The number of nitrogens with one attached hydrogen (secondary N) is 1. The number of aromatic nitrogens is 1. The number of hydrogen-bond donors (Lipinski definition) is 1. The van der Waals surface area contributed by atoms with Crippen molar-refractivity contribution in [3.05, 3.63) is 104 Å². The first kappa shape index (κ1) is 55.6. The van der Waals surface area contributed by atoms with Gasteiger partial charge in [-0.05, 0) is 108 Å². The maximum Gasteiger partial charge on any atom is 0.737 e. The lowest BCUT2D eigenvalue weighted by Gasteiger charge is -2.31. The smallest absolute Gasteiger partial charge is 0.493 e. The van der Waals surface area contributed by atoms with E-state index in [1.807, 2.05) is 61.4 Å². The van der Waals surface area contributed by atoms with Crippen LogP contribution in [0.15, 0.2) is 65.9 Å². The van der Waals surface area contributed by atoms with Crippen LogP contribution in [0.1, 0.15) is 119 Å². The molecule has 2 unspecified atom stereocenters. The van der Waals surface area contributed by atoms with Crippen LogP contribution >= 0.6 is 0 Å². The topological polar surface area (TPSA) is 192 Å². The van der Waals surface area contributed by atoms with Gasteiger partial charge >= 0.3 is 13.1 Å². The van der Waals surface area contributed by atoms with Crippen LogP contribution < -0.4 is 14.8 Å². The third kappa shape index (κ3) is 13.9. The number of nitro groups is 1. The lowest BCUT2D eigenvalue weighted by atomic mass is 9.88. The van der Waals surface area contributed by atoms with E-state index < -0.39 is 53.6 Å². The van der Waals surface area contributed by atoms with Crippen molar-refractivity contribution in [3.8, 4) is 11.5 Å². The number of aryl methyl sites for hydroxylation is 2. The van der Waals surface area contributed by atoms with Crippen LogP contribution in [0.3, 0.4) is 0 Å². The van der Waals surface area contributed by atoms with Crippen LogP contribution in [0, 0.1) is 17.0 Å². The summed E-state index contributed by atoms with van der Waals surface area (Å²) in [5.41, 5.74) is 3.52. The predicted molar refractivity (Wildman–Crippen MR) is 270 cm³/mol. The van der Waals surface area contributed by atoms with Crippen molar-refractivity contribution in [3.63, 3.8) is 0 Å². The van der Waals surface area contributed by atoms with Gasteiger partial charge in [0.25, 0.3) is 17.5 Å². The van der Waals surface area contributed by atoms with Crippen LogP contribution in [0.2, 0.25) is 0 Å². The molecule has 0 aliphatic carbocycles. The van der Waals surface area contributed by atoms with Gasteiger partial charge in [0.15, 0.2) is 28.7 Å². The molecular formula is C52H69BF2N7O11+. The number of allylic oxidation sites excluding steroid dienone is 2. The molecule has 3 amide bonds. The zero-order chi connectivity index (χ0) is 53.2. The highest BCUT2D eigenvalue weighted by Crippen LogP contribution is 2.41. The van der Waals surface area contributed by atoms with E-state index in [4.69, 9.17) is 19.0 Å². The minimum atomic E-state index is -4.33. The molecule has 2 atom stereocenters. The Morgan fingerprint density at radius 2 is 1.67 bits per heavy atom. The van der Waals surface area contributed by atoms with Gasteiger partial charge in [0.1, 0.15) is 12.7 Å². The Morgan fingerprint density at radius 3 is 2.33 bits per heavy atom. The summed E-state index contributed by atoms with van der Waals surface area (Å²) in [5.74, 6) is -1.78. The summed E-state index contributed by atoms with van der Waals surface area (Å²) in [4.78, 5) is 81.7. The van der Waals surface area contributed by atoms with Crippen LogP contribution in [0.25, 0.3) is 6.08 Å². The summed E-state index contributed by atoms with van der Waals surface area (Å²) in [6.45, 7) is 2.71. The molecule has 0 bridgehead atoms. The number of hydrogen-bond acceptors (Lipinski definition) is 12. The van der Waals surface area contributed by atoms with Gasteiger partial charge in [0, 0.05) is 61.2 Å². The number of hydroxylamine groups is 2. The van der Waals surface area contributed by atoms with Crippen molar-refractivity contribution in [2.24, 2.45) is 0 Å². The number of quaternary nitrogens is 1. The number of nitrogens with zero attached hydrogens (tertiary/aromatic N) is 6. The standard InChI is InChI=1S/C52H68BF2N7O11/c1-9-10-17-38-31-43(37-18-12-11-13-19-37)59-44(38)33-42-35(2)30-39(58(42)53(59,54)55)22-23-49(64)56-41(20-14-15-28-62(5,6)7)46(63)21-16-26-57(4)27-29-71-48-34-45(61(68)69)40(32-47(48)70-8)36(3)72-52(67)73-60-50(65)24-25-51(60)66/h11-13,18-19,30-34,36,41H,9-10,14-17,20-29H2,1-8H3/p+1. The number of ketones is 1. The van der Waals surface area contributed by atoms with Gasteiger partial charge in [-0.3, -0.25) is 34.1 Å². The quantitative estimate of drug-likeness (QED) is 0.0148. The molecule has 73 heavy (non-hydrogen) atoms. The van der Waals surface area contributed by atoms with E-state index in [0.29, 0.717) is 77.8 Å². The summed E-state index contributed by atoms with van der Waals surface area (Å²) < 4.78 is 53.8. The maximum atomic E-state index is 17.1. The lowest BCUT2D eigenvalue weighted by molar-refractivity contribution is -0.870. The molecule has 394 valence electrons. The normalized spacial score (nSPS) is 15.9. The molecule has 2 aromatic carbocycles. The summed E-state index contributed by atoms with van der Waals surface area (Å²) in [5, 5.41) is 15.4. The highest BCUT2D eigenvalue weighted by Gasteiger charge is 2.54. The third-order valence-electron chi connectivity index (χ3n) is 13.3. The van der Waals surface area contributed by atoms with Gasteiger partial charge in [-0.25, -0.2) is 4.79 Å². The Kier molecular flexibility index (Phi) is 18.5. The van der Waals surface area contributed by atoms with Crippen LogP contribution in [0.5, 0.6) is 11.5 Å². The maximum absolute atomic E-state index is 17.1. The number of ether oxygens (including phenoxy) is 3. The van der Waals surface area contributed by atoms with Crippen molar-refractivity contribution >= 4 is 54.1 Å². The molecule has 3 aliphatic heterocycles. The fourth-order valence-corrected chi connectivity index (χ4v) is 9.37. The zero-order valence-corrected chi connectivity index (χ0v) is 43.2. The molecule has 18 nitrogen and oxygen atoms in total. The first-order valence-electron chi connectivity index (χ1n) is 25.1. The second kappa shape index (κ2) is 24.3. The molecule has 0 radical (unpaired) electrons. The minimum absolute atomic E-state index is 0.0491. The fraction of sp³-hybridized carbons (Fsp3) is 0.500. The molecule has 21 heteroatoms. The number of unbranched alkanes of at least 4 members (excludes halogenated alkanes) is 2. The number of fused-ring (bicyclic) bond motifs is 2. The largest absolute Gasteiger partial charge is 0.737 e. The molecule has 1 N–H and O–H groups in total. The Hall–Kier alpha value is -6.74. The van der Waals surface area contributed by atoms with Crippen LogP contribution in [-0.2, 0) is 35.2 Å². The summed E-state index contributed by atoms with van der Waals surface area (Å²) in [6, 6.07) is 12.6. The van der Waals surface area contributed by atoms with E-state index in [2.05, 4.69) is 33.4 Å². The average Bonchev–Trinajstić information content (AvgIpc) is 3.99. The SMILES string of the molecule is CCCCC1=CC(c2ccccc2)=[N+]2C1=Cc1c(C)cc(CCC(=O)NC(CCCC[N+](C)(C)C)C(=O)CCCN(C)CCOc3cc([N+](=O)[O-])c(C(C)OC(=O)ON4C(=O)CCC4=O)cc3OC)n1[B-]2(F)F. The van der Waals surface area contributed by atoms with Gasteiger partial charge < -0.3 is 46.5 Å². The monoisotopic (exact) mass is 1020 g/mol. The van der Waals surface area contributed by atoms with Crippen molar-refractivity contribution in [2.75, 3.05) is 61.5 Å². The summed E-state index contributed by atoms with van der Waals surface area (Å²) in [6.07, 6.45) is 5.90. The van der Waals surface area contributed by atoms with Crippen molar-refractivity contribution < 1.29 is 65.5 Å². The minimum Gasteiger partial charge on any atom is -0.493 e. The van der Waals surface area contributed by atoms with Crippen LogP contribution in [0.4, 0.5) is 19.1 Å². The second-order valence-corrected chi connectivity index (χ2v) is 19.9. The molecule has 6 rings (SSSR count). The molecular weight excluding hydrogens is 947 g/mol. The van der Waals surface area contributed by atoms with Crippen molar-refractivity contribution in [2.45, 2.75) is 110 Å². The highest BCUT2D eigenvalue weighted by molar-refractivity contribution is 6.58. The molecule has 0 saturated carbocycles. The molecule has 0 spiro atoms. The number of nitro benzene ring substituents is 1. The van der Waals surface area contributed by atoms with Crippen LogP contribution in [-0.4, -0.2) is 138 Å². The van der Waals surface area contributed by atoms with E-state index in [-0.39, 0.29) is 61.6 Å². The Morgan fingerprint density at radius 1 is 0.959 bits per heavy atom. The van der Waals surface area contributed by atoms with E-state index in [1.54, 1.807) is 6.07 Å². The highest BCUT2D eigenvalue weighted by atomic mass is 19.2. The number of amides is 3. The van der Waals surface area contributed by atoms with Crippen molar-refractivity contribution in [1.82, 2.24) is 19.8 Å². The van der Waals surface area contributed by atoms with Gasteiger partial charge in [-0.15, -0.1) is 0 Å². The Labute approximate surface area is 425 Å². The number of rotatable bonds is 27. The number of halogens is 2. The summed E-state index contributed by atoms with van der Waals surface area (Å²) >= 11 is 0. The number of carbonyl (C=O) groups excluding carboxylic acids is 5. The predicted octanol–water partition coefficient (Wildman–Crippen LogP) is 7.85. The van der Waals surface area contributed by atoms with Gasteiger partial charge in [0.2, 0.25) is 5.91 Å². The Bertz CT molecular complexity index is 2650. The second-order valence-electron chi connectivity index (χ2n) is 19.9. The first-order chi connectivity index (χ1) is 34.6. The van der Waals surface area contributed by atoms with E-state index in [0.717, 1.165) is 46.4 Å². The molecule has 1 fully saturated rings. The first-order valence-corrected chi connectivity index (χ1v) is 25.1. The summed E-state index contributed by atoms with van der Waals surface area (Å²) in [7, 11) is 9.43. The third-order valence-corrected chi connectivity index (χ3v) is 13.3. The van der Waals surface area contributed by atoms with Crippen molar-refractivity contribution in [1.29, 1.82) is 0 Å². The van der Waals surface area contributed by atoms with E-state index >= 15 is 8.63 Å². The number of likely N-dealkylation sites (N-methyl/N-ethyl adjacent to an activating group) is 1. The lowest BCUT2D eigenvalue weighted by Crippen LogP contribution is -2.51. The molecule has 1 aromatic heterocycles. The molecule has 3 aliphatic rings. The van der Waals surface area contributed by atoms with Gasteiger partial charge in [0.05, 0.1) is 57.4 Å². The molecule has 3 aromatic rings. The molecule has 4 heterocycles. The number of methoxy groups -OCH3 is 1. The average molecular weight is 1020 g/mol. The number of Topliss-reactive ketones (excluding diaryl/α,β-unsaturated/α-hetero) is 1.